The average Bonchev–Trinajstić information content (AvgIpc) is 2.50. The SMILES string of the molecule is O=c1oc2c(cc1Cl)CCOc1ccccc1-2. The zero-order valence-electron chi connectivity index (χ0n) is 8.90. The van der Waals surface area contributed by atoms with E-state index >= 15 is 0 Å². The monoisotopic (exact) mass is 248 g/mol. The summed E-state index contributed by atoms with van der Waals surface area (Å²) in [5.74, 6) is 1.30. The summed E-state index contributed by atoms with van der Waals surface area (Å²) < 4.78 is 10.9. The van der Waals surface area contributed by atoms with Crippen molar-refractivity contribution in [2.45, 2.75) is 6.42 Å². The highest BCUT2D eigenvalue weighted by Gasteiger charge is 2.18. The minimum absolute atomic E-state index is 0.114. The molecule has 3 nitrogen and oxygen atoms in total. The molecule has 2 aromatic rings. The predicted octanol–water partition coefficient (Wildman–Crippen LogP) is 2.90. The maximum Gasteiger partial charge on any atom is 0.355 e. The van der Waals surface area contributed by atoms with Gasteiger partial charge in [-0.05, 0) is 18.2 Å². The molecule has 2 heterocycles. The van der Waals surface area contributed by atoms with Crippen LogP contribution in [0.5, 0.6) is 5.75 Å². The Balaban J connectivity index is 2.32. The third kappa shape index (κ3) is 1.72. The number of benzene rings is 1. The summed E-state index contributed by atoms with van der Waals surface area (Å²) in [6, 6.07) is 9.16. The van der Waals surface area contributed by atoms with Gasteiger partial charge in [-0.15, -0.1) is 0 Å². The van der Waals surface area contributed by atoms with Crippen LogP contribution in [0.15, 0.2) is 39.5 Å². The van der Waals surface area contributed by atoms with Crippen LogP contribution in [0.3, 0.4) is 0 Å². The highest BCUT2D eigenvalue weighted by Crippen LogP contribution is 2.34. The highest BCUT2D eigenvalue weighted by atomic mass is 35.5. The van der Waals surface area contributed by atoms with Gasteiger partial charge in [-0.1, -0.05) is 23.7 Å². The standard InChI is InChI=1S/C13H9ClO3/c14-10-7-8-5-6-16-11-4-2-1-3-9(11)12(8)17-13(10)15/h1-4,7H,5-6H2. The van der Waals surface area contributed by atoms with Crippen LogP contribution in [-0.2, 0) is 6.42 Å². The van der Waals surface area contributed by atoms with Crippen LogP contribution < -0.4 is 10.4 Å². The zero-order chi connectivity index (χ0) is 11.8. The van der Waals surface area contributed by atoms with Gasteiger partial charge in [0.25, 0.3) is 0 Å². The molecule has 0 spiro atoms. The number of rotatable bonds is 0. The summed E-state index contributed by atoms with van der Waals surface area (Å²) in [6.07, 6.45) is 0.674. The Hall–Kier alpha value is -1.74. The Bertz CT molecular complexity index is 631. The Labute approximate surface area is 103 Å². The Morgan fingerprint density at radius 3 is 2.94 bits per heavy atom. The fraction of sp³-hybridized carbons (Fsp3) is 0.154. The molecule has 1 aromatic carbocycles. The summed E-state index contributed by atoms with van der Waals surface area (Å²) in [7, 11) is 0. The fourth-order valence-corrected chi connectivity index (χ4v) is 2.12. The summed E-state index contributed by atoms with van der Waals surface area (Å²) in [4.78, 5) is 11.5. The first-order valence-corrected chi connectivity index (χ1v) is 5.68. The van der Waals surface area contributed by atoms with Crippen LogP contribution >= 0.6 is 11.6 Å². The van der Waals surface area contributed by atoms with E-state index in [1.54, 1.807) is 6.07 Å². The van der Waals surface area contributed by atoms with Crippen molar-refractivity contribution >= 4 is 11.6 Å². The minimum Gasteiger partial charge on any atom is -0.492 e. The maximum atomic E-state index is 11.5. The predicted molar refractivity (Wildman–Crippen MR) is 64.6 cm³/mol. The lowest BCUT2D eigenvalue weighted by Gasteiger charge is -2.06. The van der Waals surface area contributed by atoms with Gasteiger partial charge in [0.2, 0.25) is 0 Å². The molecule has 17 heavy (non-hydrogen) atoms. The molecule has 4 heteroatoms. The summed E-state index contributed by atoms with van der Waals surface area (Å²) in [5.41, 5.74) is 1.19. The van der Waals surface area contributed by atoms with E-state index in [1.165, 1.54) is 0 Å². The second-order valence-corrected chi connectivity index (χ2v) is 4.24. The van der Waals surface area contributed by atoms with Crippen molar-refractivity contribution in [3.8, 4) is 17.1 Å². The molecule has 0 unspecified atom stereocenters. The minimum atomic E-state index is -0.512. The molecule has 1 aromatic heterocycles. The van der Waals surface area contributed by atoms with Crippen molar-refractivity contribution in [1.29, 1.82) is 0 Å². The van der Waals surface area contributed by atoms with Gasteiger partial charge in [0, 0.05) is 12.0 Å². The topological polar surface area (TPSA) is 39.4 Å². The van der Waals surface area contributed by atoms with Gasteiger partial charge in [-0.25, -0.2) is 4.79 Å². The van der Waals surface area contributed by atoms with Crippen LogP contribution in [0, 0.1) is 0 Å². The van der Waals surface area contributed by atoms with Gasteiger partial charge in [0.05, 0.1) is 12.2 Å². The molecular weight excluding hydrogens is 240 g/mol. The number of hydrogen-bond donors (Lipinski definition) is 0. The van der Waals surface area contributed by atoms with Gasteiger partial charge in [0.1, 0.15) is 16.5 Å². The lowest BCUT2D eigenvalue weighted by atomic mass is 10.1. The molecule has 0 bridgehead atoms. The molecule has 0 aliphatic carbocycles. The molecule has 0 saturated heterocycles. The first-order valence-electron chi connectivity index (χ1n) is 5.30. The molecule has 0 N–H and O–H groups in total. The first-order chi connectivity index (χ1) is 8.25. The van der Waals surface area contributed by atoms with Crippen molar-refractivity contribution in [2.75, 3.05) is 6.61 Å². The molecule has 1 aliphatic rings. The van der Waals surface area contributed by atoms with Gasteiger partial charge in [-0.3, -0.25) is 0 Å². The van der Waals surface area contributed by atoms with E-state index in [0.29, 0.717) is 18.8 Å². The number of fused-ring (bicyclic) bond motifs is 3. The van der Waals surface area contributed by atoms with Crippen LogP contribution in [0.25, 0.3) is 11.3 Å². The van der Waals surface area contributed by atoms with Crippen molar-refractivity contribution in [2.24, 2.45) is 0 Å². The first kappa shape index (κ1) is 10.4. The Kier molecular flexibility index (Phi) is 2.41. The summed E-state index contributed by atoms with van der Waals surface area (Å²) in [6.45, 7) is 0.550. The largest absolute Gasteiger partial charge is 0.492 e. The number of hydrogen-bond acceptors (Lipinski definition) is 3. The van der Waals surface area contributed by atoms with E-state index in [-0.39, 0.29) is 5.02 Å². The molecule has 0 fully saturated rings. The molecular formula is C13H9ClO3. The van der Waals surface area contributed by atoms with Crippen LogP contribution in [0.1, 0.15) is 5.56 Å². The number of para-hydroxylation sites is 1. The van der Waals surface area contributed by atoms with Gasteiger partial charge in [-0.2, -0.15) is 0 Å². The van der Waals surface area contributed by atoms with E-state index < -0.39 is 5.63 Å². The van der Waals surface area contributed by atoms with Gasteiger partial charge >= 0.3 is 5.63 Å². The van der Waals surface area contributed by atoms with Crippen LogP contribution in [-0.4, -0.2) is 6.61 Å². The Morgan fingerprint density at radius 2 is 2.06 bits per heavy atom. The van der Waals surface area contributed by atoms with Crippen molar-refractivity contribution in [3.63, 3.8) is 0 Å². The Morgan fingerprint density at radius 1 is 1.24 bits per heavy atom. The molecule has 0 radical (unpaired) electrons. The lowest BCUT2D eigenvalue weighted by Crippen LogP contribution is -2.03. The van der Waals surface area contributed by atoms with E-state index in [4.69, 9.17) is 20.8 Å². The average molecular weight is 249 g/mol. The van der Waals surface area contributed by atoms with Crippen molar-refractivity contribution in [1.82, 2.24) is 0 Å². The van der Waals surface area contributed by atoms with Crippen LogP contribution in [0.2, 0.25) is 5.02 Å². The lowest BCUT2D eigenvalue weighted by molar-refractivity contribution is 0.326. The van der Waals surface area contributed by atoms with Gasteiger partial charge < -0.3 is 9.15 Å². The second kappa shape index (κ2) is 3.93. The number of halogens is 1. The van der Waals surface area contributed by atoms with E-state index in [9.17, 15) is 4.79 Å². The van der Waals surface area contributed by atoms with Gasteiger partial charge in [0.15, 0.2) is 0 Å². The van der Waals surface area contributed by atoms with Crippen molar-refractivity contribution in [3.05, 3.63) is 51.3 Å². The smallest absolute Gasteiger partial charge is 0.355 e. The van der Waals surface area contributed by atoms with Crippen molar-refractivity contribution < 1.29 is 9.15 Å². The van der Waals surface area contributed by atoms with E-state index in [0.717, 1.165) is 16.9 Å². The van der Waals surface area contributed by atoms with Crippen LogP contribution in [0.4, 0.5) is 0 Å². The van der Waals surface area contributed by atoms with E-state index in [1.807, 2.05) is 24.3 Å². The second-order valence-electron chi connectivity index (χ2n) is 3.83. The zero-order valence-corrected chi connectivity index (χ0v) is 9.66. The normalized spacial score (nSPS) is 13.2. The fourth-order valence-electron chi connectivity index (χ4n) is 1.95. The third-order valence-corrected chi connectivity index (χ3v) is 3.01. The quantitative estimate of drug-likeness (QED) is 0.720. The molecule has 3 rings (SSSR count). The molecule has 0 amide bonds. The maximum absolute atomic E-state index is 11.5. The molecule has 0 atom stereocenters. The third-order valence-electron chi connectivity index (χ3n) is 2.74. The molecule has 86 valence electrons. The summed E-state index contributed by atoms with van der Waals surface area (Å²) >= 11 is 5.78. The molecule has 0 saturated carbocycles. The summed E-state index contributed by atoms with van der Waals surface area (Å²) in [5, 5.41) is 0.114. The number of ether oxygens (including phenoxy) is 1. The highest BCUT2D eigenvalue weighted by molar-refractivity contribution is 6.30. The van der Waals surface area contributed by atoms with E-state index in [2.05, 4.69) is 0 Å². The molecule has 1 aliphatic heterocycles.